The van der Waals surface area contributed by atoms with Gasteiger partial charge in [-0.15, -0.1) is 0 Å². The Labute approximate surface area is 182 Å². The molecule has 5 nitrogen and oxygen atoms in total. The Kier molecular flexibility index (Phi) is 5.18. The lowest BCUT2D eigenvalue weighted by molar-refractivity contribution is -0.113. The summed E-state index contributed by atoms with van der Waals surface area (Å²) in [7, 11) is 0. The molecule has 0 bridgehead atoms. The van der Waals surface area contributed by atoms with E-state index >= 15 is 0 Å². The topological polar surface area (TPSA) is 51.1 Å². The standard InChI is InChI=1S/C24H17FN2O3S/c25-17-7-9-19(10-8-17)27-23(28)22(31-24(27)26-18-4-2-1-3-5-18)15-16-6-11-20-21(14-16)30-13-12-29-20/h1-11,14-15H,12-13H2. The van der Waals surface area contributed by atoms with E-state index in [4.69, 9.17) is 9.47 Å². The molecule has 3 aromatic carbocycles. The number of fused-ring (bicyclic) bond motifs is 1. The molecule has 2 aliphatic rings. The van der Waals surface area contributed by atoms with Crippen molar-refractivity contribution in [2.75, 3.05) is 18.1 Å². The molecule has 0 spiro atoms. The van der Waals surface area contributed by atoms with E-state index in [0.717, 1.165) is 11.3 Å². The van der Waals surface area contributed by atoms with Crippen LogP contribution in [0.15, 0.2) is 82.7 Å². The number of anilines is 1. The van der Waals surface area contributed by atoms with Gasteiger partial charge in [0.1, 0.15) is 19.0 Å². The fraction of sp³-hybridized carbons (Fsp3) is 0.0833. The number of hydrogen-bond donors (Lipinski definition) is 0. The van der Waals surface area contributed by atoms with E-state index < -0.39 is 0 Å². The molecule has 2 aliphatic heterocycles. The van der Waals surface area contributed by atoms with Gasteiger partial charge < -0.3 is 9.47 Å². The van der Waals surface area contributed by atoms with E-state index in [-0.39, 0.29) is 11.7 Å². The molecule has 0 aliphatic carbocycles. The van der Waals surface area contributed by atoms with Gasteiger partial charge in [0.15, 0.2) is 16.7 Å². The van der Waals surface area contributed by atoms with Crippen molar-refractivity contribution in [1.29, 1.82) is 0 Å². The van der Waals surface area contributed by atoms with Gasteiger partial charge in [-0.25, -0.2) is 9.38 Å². The summed E-state index contributed by atoms with van der Waals surface area (Å²) < 4.78 is 24.6. The molecule has 2 heterocycles. The number of amides is 1. The van der Waals surface area contributed by atoms with Crippen LogP contribution in [0, 0.1) is 5.82 Å². The molecule has 0 N–H and O–H groups in total. The van der Waals surface area contributed by atoms with Crippen molar-refractivity contribution in [1.82, 2.24) is 0 Å². The second-order valence-corrected chi connectivity index (χ2v) is 7.87. The SMILES string of the molecule is O=C1C(=Cc2ccc3c(c2)OCCO3)SC(=Nc2ccccc2)N1c1ccc(F)cc1. The molecule has 31 heavy (non-hydrogen) atoms. The first-order chi connectivity index (χ1) is 15.2. The highest BCUT2D eigenvalue weighted by atomic mass is 32.2. The minimum absolute atomic E-state index is 0.221. The summed E-state index contributed by atoms with van der Waals surface area (Å²) in [5.41, 5.74) is 2.10. The van der Waals surface area contributed by atoms with Gasteiger partial charge in [0.2, 0.25) is 0 Å². The number of carbonyl (C=O) groups excluding carboxylic acids is 1. The molecule has 0 atom stereocenters. The van der Waals surface area contributed by atoms with E-state index in [0.29, 0.717) is 40.5 Å². The number of benzene rings is 3. The summed E-state index contributed by atoms with van der Waals surface area (Å²) in [6.45, 7) is 1.01. The summed E-state index contributed by atoms with van der Waals surface area (Å²) in [5.74, 6) is 0.764. The molecule has 5 rings (SSSR count). The predicted molar refractivity (Wildman–Crippen MR) is 120 cm³/mol. The average molecular weight is 432 g/mol. The lowest BCUT2D eigenvalue weighted by atomic mass is 10.1. The van der Waals surface area contributed by atoms with Gasteiger partial charge >= 0.3 is 0 Å². The Morgan fingerprint density at radius 2 is 1.68 bits per heavy atom. The highest BCUT2D eigenvalue weighted by molar-refractivity contribution is 8.19. The van der Waals surface area contributed by atoms with Gasteiger partial charge in [-0.2, -0.15) is 0 Å². The second-order valence-electron chi connectivity index (χ2n) is 6.86. The third kappa shape index (κ3) is 4.04. The molecule has 1 saturated heterocycles. The zero-order valence-corrected chi connectivity index (χ0v) is 17.1. The number of hydrogen-bond acceptors (Lipinski definition) is 5. The summed E-state index contributed by atoms with van der Waals surface area (Å²) >= 11 is 1.27. The number of aliphatic imine (C=N–C) groups is 1. The fourth-order valence-corrected chi connectivity index (χ4v) is 4.28. The first kappa shape index (κ1) is 19.4. The summed E-state index contributed by atoms with van der Waals surface area (Å²) in [6.07, 6.45) is 1.80. The molecule has 7 heteroatoms. The fourth-order valence-electron chi connectivity index (χ4n) is 3.28. The van der Waals surface area contributed by atoms with Gasteiger partial charge in [-0.1, -0.05) is 24.3 Å². The molecule has 0 unspecified atom stereocenters. The number of amidine groups is 1. The van der Waals surface area contributed by atoms with E-state index in [1.807, 2.05) is 48.5 Å². The van der Waals surface area contributed by atoms with Crippen LogP contribution in [0.25, 0.3) is 6.08 Å². The Morgan fingerprint density at radius 3 is 2.45 bits per heavy atom. The molecule has 0 saturated carbocycles. The number of para-hydroxylation sites is 1. The Balaban J connectivity index is 1.53. The zero-order chi connectivity index (χ0) is 21.2. The zero-order valence-electron chi connectivity index (χ0n) is 16.3. The second kappa shape index (κ2) is 8.28. The van der Waals surface area contributed by atoms with Gasteiger partial charge in [0, 0.05) is 0 Å². The number of nitrogens with zero attached hydrogens (tertiary/aromatic N) is 2. The molecule has 0 radical (unpaired) electrons. The first-order valence-electron chi connectivity index (χ1n) is 9.70. The van der Waals surface area contributed by atoms with Crippen molar-refractivity contribution < 1.29 is 18.7 Å². The molecular formula is C24H17FN2O3S. The Morgan fingerprint density at radius 1 is 0.935 bits per heavy atom. The molecule has 0 aromatic heterocycles. The van der Waals surface area contributed by atoms with Crippen molar-refractivity contribution in [2.24, 2.45) is 4.99 Å². The summed E-state index contributed by atoms with van der Waals surface area (Å²) in [5, 5.41) is 0.506. The number of rotatable bonds is 3. The number of ether oxygens (including phenoxy) is 2. The maximum Gasteiger partial charge on any atom is 0.271 e. The maximum atomic E-state index is 13.4. The van der Waals surface area contributed by atoms with E-state index in [2.05, 4.69) is 4.99 Å². The quantitative estimate of drug-likeness (QED) is 0.520. The van der Waals surface area contributed by atoms with Gasteiger partial charge in [0.25, 0.3) is 5.91 Å². The van der Waals surface area contributed by atoms with Gasteiger partial charge in [-0.3, -0.25) is 9.69 Å². The van der Waals surface area contributed by atoms with E-state index in [1.165, 1.54) is 28.8 Å². The lowest BCUT2D eigenvalue weighted by Gasteiger charge is -2.18. The van der Waals surface area contributed by atoms with Crippen molar-refractivity contribution in [3.05, 3.63) is 89.1 Å². The van der Waals surface area contributed by atoms with Crippen LogP contribution >= 0.6 is 11.8 Å². The largest absolute Gasteiger partial charge is 0.486 e. The van der Waals surface area contributed by atoms with E-state index in [1.54, 1.807) is 18.2 Å². The maximum absolute atomic E-state index is 13.4. The van der Waals surface area contributed by atoms with Crippen molar-refractivity contribution in [3.8, 4) is 11.5 Å². The third-order valence-electron chi connectivity index (χ3n) is 4.74. The van der Waals surface area contributed by atoms with Crippen LogP contribution in [0.1, 0.15) is 5.56 Å². The molecule has 154 valence electrons. The van der Waals surface area contributed by atoms with Crippen molar-refractivity contribution in [3.63, 3.8) is 0 Å². The minimum atomic E-state index is -0.364. The van der Waals surface area contributed by atoms with Crippen LogP contribution in [0.2, 0.25) is 0 Å². The smallest absolute Gasteiger partial charge is 0.271 e. The summed E-state index contributed by atoms with van der Waals surface area (Å²) in [6, 6.07) is 20.8. The van der Waals surface area contributed by atoms with Crippen LogP contribution < -0.4 is 14.4 Å². The van der Waals surface area contributed by atoms with Crippen LogP contribution in [-0.2, 0) is 4.79 Å². The Bertz CT molecular complexity index is 1190. The van der Waals surface area contributed by atoms with Crippen LogP contribution in [0.3, 0.4) is 0 Å². The van der Waals surface area contributed by atoms with Crippen molar-refractivity contribution in [2.45, 2.75) is 0 Å². The minimum Gasteiger partial charge on any atom is -0.486 e. The summed E-state index contributed by atoms with van der Waals surface area (Å²) in [4.78, 5) is 20.0. The predicted octanol–water partition coefficient (Wildman–Crippen LogP) is 5.41. The molecule has 1 amide bonds. The van der Waals surface area contributed by atoms with Crippen LogP contribution in [0.5, 0.6) is 11.5 Å². The average Bonchev–Trinajstić information content (AvgIpc) is 3.09. The monoisotopic (exact) mass is 432 g/mol. The normalized spacial score (nSPS) is 18.1. The number of thioether (sulfide) groups is 1. The van der Waals surface area contributed by atoms with Crippen LogP contribution in [0.4, 0.5) is 15.8 Å². The van der Waals surface area contributed by atoms with Gasteiger partial charge in [0.05, 0.1) is 16.3 Å². The number of halogens is 1. The van der Waals surface area contributed by atoms with Crippen LogP contribution in [-0.4, -0.2) is 24.3 Å². The number of carbonyl (C=O) groups is 1. The highest BCUT2D eigenvalue weighted by Crippen LogP contribution is 2.38. The first-order valence-corrected chi connectivity index (χ1v) is 10.5. The molecule has 3 aromatic rings. The lowest BCUT2D eigenvalue weighted by Crippen LogP contribution is -2.28. The molecular weight excluding hydrogens is 415 g/mol. The molecule has 1 fully saturated rings. The van der Waals surface area contributed by atoms with E-state index in [9.17, 15) is 9.18 Å². The van der Waals surface area contributed by atoms with Crippen molar-refractivity contribution >= 4 is 40.3 Å². The Hall–Kier alpha value is -3.58. The third-order valence-corrected chi connectivity index (χ3v) is 5.70. The highest BCUT2D eigenvalue weighted by Gasteiger charge is 2.34. The van der Waals surface area contributed by atoms with Gasteiger partial charge in [-0.05, 0) is 71.9 Å².